The Morgan fingerprint density at radius 2 is 1.64 bits per heavy atom. The smallest absolute Gasteiger partial charge is 0.264 e. The van der Waals surface area contributed by atoms with Crippen LogP contribution in [0, 0.1) is 13.8 Å². The molecule has 0 unspecified atom stereocenters. The summed E-state index contributed by atoms with van der Waals surface area (Å²) in [5, 5.41) is 3.20. The van der Waals surface area contributed by atoms with Gasteiger partial charge in [-0.1, -0.05) is 55.3 Å². The molecule has 0 radical (unpaired) electrons. The quantitative estimate of drug-likeness (QED) is 0.361. The molecule has 3 aromatic rings. The molecule has 8 heteroatoms. The number of nitrogens with one attached hydrogen (secondary N) is 1. The van der Waals surface area contributed by atoms with E-state index in [1.165, 1.54) is 12.1 Å². The summed E-state index contributed by atoms with van der Waals surface area (Å²) in [4.78, 5) is 13.3. The summed E-state index contributed by atoms with van der Waals surface area (Å²) in [5.41, 5.74) is 4.13. The third-order valence-corrected chi connectivity index (χ3v) is 8.20. The number of carbonyl (C=O) groups excluding carboxylic acids is 1. The molecule has 6 nitrogen and oxygen atoms in total. The summed E-state index contributed by atoms with van der Waals surface area (Å²) in [6, 6.07) is 16.7. The van der Waals surface area contributed by atoms with Gasteiger partial charge in [0.2, 0.25) is 5.91 Å². The predicted molar refractivity (Wildman–Crippen MR) is 146 cm³/mol. The Hall–Kier alpha value is -3.03. The van der Waals surface area contributed by atoms with Crippen LogP contribution < -0.4 is 14.4 Å². The number of amides is 1. The second kappa shape index (κ2) is 11.4. The van der Waals surface area contributed by atoms with Crippen LogP contribution >= 0.6 is 11.6 Å². The van der Waals surface area contributed by atoms with Gasteiger partial charge in [0.25, 0.3) is 10.0 Å². The van der Waals surface area contributed by atoms with Gasteiger partial charge < -0.3 is 10.1 Å². The van der Waals surface area contributed by atoms with Gasteiger partial charge in [0, 0.05) is 0 Å². The number of aryl methyl sites for hydroxylation is 2. The van der Waals surface area contributed by atoms with E-state index < -0.39 is 22.5 Å². The van der Waals surface area contributed by atoms with Crippen LogP contribution in [-0.2, 0) is 14.8 Å². The Morgan fingerprint density at radius 3 is 2.22 bits per heavy atom. The molecule has 1 atom stereocenters. The van der Waals surface area contributed by atoms with Crippen molar-refractivity contribution in [2.75, 3.05) is 18.0 Å². The lowest BCUT2D eigenvalue weighted by atomic mass is 9.93. The third kappa shape index (κ3) is 6.02. The van der Waals surface area contributed by atoms with Crippen LogP contribution in [-0.4, -0.2) is 28.0 Å². The SMILES string of the molecule is COc1cc(C)c([C@@H](C)NC(=O)CN(c2ccccc2Cl)S(=O)(=O)c2ccc(C)cc2)cc1C(C)C. The summed E-state index contributed by atoms with van der Waals surface area (Å²) >= 11 is 6.37. The zero-order valence-corrected chi connectivity index (χ0v) is 23.1. The summed E-state index contributed by atoms with van der Waals surface area (Å²) in [5.74, 6) is 0.593. The summed E-state index contributed by atoms with van der Waals surface area (Å²) in [6.45, 7) is 9.46. The molecule has 0 heterocycles. The molecule has 0 fully saturated rings. The number of rotatable bonds is 9. The number of halogens is 1. The van der Waals surface area contributed by atoms with Crippen LogP contribution in [0.5, 0.6) is 5.75 Å². The first kappa shape index (κ1) is 27.6. The number of benzene rings is 3. The van der Waals surface area contributed by atoms with Gasteiger partial charge in [-0.2, -0.15) is 0 Å². The van der Waals surface area contributed by atoms with Gasteiger partial charge in [-0.05, 0) is 79.8 Å². The van der Waals surface area contributed by atoms with E-state index in [2.05, 4.69) is 19.2 Å². The number of methoxy groups -OCH3 is 1. The highest BCUT2D eigenvalue weighted by atomic mass is 35.5. The Labute approximate surface area is 219 Å². The first-order valence-electron chi connectivity index (χ1n) is 11.8. The summed E-state index contributed by atoms with van der Waals surface area (Å²) in [6.07, 6.45) is 0. The van der Waals surface area contributed by atoms with E-state index in [0.717, 1.165) is 32.3 Å². The van der Waals surface area contributed by atoms with Crippen molar-refractivity contribution in [1.82, 2.24) is 5.32 Å². The maximum Gasteiger partial charge on any atom is 0.264 e. The largest absolute Gasteiger partial charge is 0.496 e. The Morgan fingerprint density at radius 1 is 1.00 bits per heavy atom. The van der Waals surface area contributed by atoms with E-state index in [0.29, 0.717) is 0 Å². The van der Waals surface area contributed by atoms with Crippen molar-refractivity contribution in [2.24, 2.45) is 0 Å². The van der Waals surface area contributed by atoms with Gasteiger partial charge in [-0.15, -0.1) is 0 Å². The molecule has 0 spiro atoms. The lowest BCUT2D eigenvalue weighted by molar-refractivity contribution is -0.120. The maximum atomic E-state index is 13.6. The van der Waals surface area contributed by atoms with E-state index in [4.69, 9.17) is 16.3 Å². The highest BCUT2D eigenvalue weighted by Crippen LogP contribution is 2.33. The number of anilines is 1. The van der Waals surface area contributed by atoms with Crippen LogP contribution in [0.15, 0.2) is 65.6 Å². The van der Waals surface area contributed by atoms with E-state index >= 15 is 0 Å². The monoisotopic (exact) mass is 528 g/mol. The molecular weight excluding hydrogens is 496 g/mol. The second-order valence-electron chi connectivity index (χ2n) is 9.17. The van der Waals surface area contributed by atoms with E-state index in [-0.39, 0.29) is 27.6 Å². The molecule has 3 aromatic carbocycles. The van der Waals surface area contributed by atoms with Gasteiger partial charge in [-0.3, -0.25) is 9.10 Å². The van der Waals surface area contributed by atoms with Crippen LogP contribution in [0.2, 0.25) is 5.02 Å². The average Bonchev–Trinajstić information content (AvgIpc) is 2.82. The zero-order chi connectivity index (χ0) is 26.6. The van der Waals surface area contributed by atoms with E-state index in [9.17, 15) is 13.2 Å². The minimum atomic E-state index is -4.05. The fourth-order valence-corrected chi connectivity index (χ4v) is 5.82. The zero-order valence-electron chi connectivity index (χ0n) is 21.5. The van der Waals surface area contributed by atoms with Crippen LogP contribution in [0.25, 0.3) is 0 Å². The third-order valence-electron chi connectivity index (χ3n) is 6.10. The molecule has 192 valence electrons. The maximum absolute atomic E-state index is 13.6. The van der Waals surface area contributed by atoms with Gasteiger partial charge in [0.05, 0.1) is 28.8 Å². The van der Waals surface area contributed by atoms with Crippen LogP contribution in [0.4, 0.5) is 5.69 Å². The van der Waals surface area contributed by atoms with Crippen molar-refractivity contribution in [3.8, 4) is 5.75 Å². The fraction of sp³-hybridized carbons (Fsp3) is 0.321. The predicted octanol–water partition coefficient (Wildman–Crippen LogP) is 6.16. The first-order chi connectivity index (χ1) is 16.9. The van der Waals surface area contributed by atoms with Crippen molar-refractivity contribution in [3.63, 3.8) is 0 Å². The van der Waals surface area contributed by atoms with Crippen LogP contribution in [0.1, 0.15) is 55.0 Å². The van der Waals surface area contributed by atoms with Crippen molar-refractivity contribution in [1.29, 1.82) is 0 Å². The van der Waals surface area contributed by atoms with Crippen molar-refractivity contribution in [3.05, 3.63) is 87.9 Å². The van der Waals surface area contributed by atoms with Crippen molar-refractivity contribution < 1.29 is 17.9 Å². The topological polar surface area (TPSA) is 75.7 Å². The average molecular weight is 529 g/mol. The molecule has 0 aliphatic rings. The number of nitrogens with zero attached hydrogens (tertiary/aromatic N) is 1. The number of hydrogen-bond donors (Lipinski definition) is 1. The molecule has 0 bridgehead atoms. The molecule has 1 amide bonds. The molecule has 0 aliphatic heterocycles. The molecule has 1 N–H and O–H groups in total. The molecular formula is C28H33ClN2O4S. The standard InChI is InChI=1S/C28H33ClN2O4S/c1-18(2)23-16-24(20(4)15-27(23)35-6)21(5)30-28(32)17-31(26-10-8-7-9-25(26)29)36(33,34)22-13-11-19(3)12-14-22/h7-16,18,21H,17H2,1-6H3,(H,30,32)/t21-/m1/s1. The molecule has 0 aliphatic carbocycles. The van der Waals surface area contributed by atoms with Gasteiger partial charge in [0.1, 0.15) is 12.3 Å². The highest BCUT2D eigenvalue weighted by molar-refractivity contribution is 7.92. The minimum absolute atomic E-state index is 0.0847. The molecule has 0 aromatic heterocycles. The first-order valence-corrected chi connectivity index (χ1v) is 13.6. The summed E-state index contributed by atoms with van der Waals surface area (Å²) in [7, 11) is -2.41. The number of ether oxygens (including phenoxy) is 1. The number of carbonyl (C=O) groups is 1. The minimum Gasteiger partial charge on any atom is -0.496 e. The van der Waals surface area contributed by atoms with E-state index in [1.54, 1.807) is 43.5 Å². The molecule has 0 saturated carbocycles. The lowest BCUT2D eigenvalue weighted by Gasteiger charge is -2.26. The molecule has 36 heavy (non-hydrogen) atoms. The molecule has 0 saturated heterocycles. The Balaban J connectivity index is 1.93. The fourth-order valence-electron chi connectivity index (χ4n) is 4.10. The number of para-hydroxylation sites is 1. The van der Waals surface area contributed by atoms with E-state index in [1.807, 2.05) is 32.9 Å². The second-order valence-corrected chi connectivity index (χ2v) is 11.4. The van der Waals surface area contributed by atoms with Gasteiger partial charge in [-0.25, -0.2) is 8.42 Å². The Bertz CT molecular complexity index is 1340. The highest BCUT2D eigenvalue weighted by Gasteiger charge is 2.29. The number of sulfonamides is 1. The Kier molecular flexibility index (Phi) is 8.69. The van der Waals surface area contributed by atoms with Crippen LogP contribution in [0.3, 0.4) is 0 Å². The summed E-state index contributed by atoms with van der Waals surface area (Å²) < 4.78 is 33.8. The van der Waals surface area contributed by atoms with Crippen molar-refractivity contribution in [2.45, 2.75) is 51.5 Å². The van der Waals surface area contributed by atoms with Gasteiger partial charge >= 0.3 is 0 Å². The van der Waals surface area contributed by atoms with Crippen molar-refractivity contribution >= 4 is 33.2 Å². The lowest BCUT2D eigenvalue weighted by Crippen LogP contribution is -2.41. The van der Waals surface area contributed by atoms with Gasteiger partial charge in [0.15, 0.2) is 0 Å². The molecule has 3 rings (SSSR count). The number of hydrogen-bond acceptors (Lipinski definition) is 4. The normalized spacial score (nSPS) is 12.3.